The number of methoxy groups -OCH3 is 1. The lowest BCUT2D eigenvalue weighted by molar-refractivity contribution is -0.125. The van der Waals surface area contributed by atoms with E-state index in [2.05, 4.69) is 6.07 Å². The molecule has 0 spiro atoms. The van der Waals surface area contributed by atoms with Crippen molar-refractivity contribution < 1.29 is 18.7 Å². The number of rotatable bonds is 7. The van der Waals surface area contributed by atoms with Gasteiger partial charge in [0.2, 0.25) is 5.91 Å². The van der Waals surface area contributed by atoms with Crippen molar-refractivity contribution in [2.24, 2.45) is 0 Å². The fourth-order valence-electron chi connectivity index (χ4n) is 2.51. The third-order valence-corrected chi connectivity index (χ3v) is 3.86. The van der Waals surface area contributed by atoms with E-state index in [0.29, 0.717) is 18.7 Å². The number of carbonyl (C=O) groups excluding carboxylic acids is 1. The highest BCUT2D eigenvalue weighted by Crippen LogP contribution is 2.18. The lowest BCUT2D eigenvalue weighted by atomic mass is 10.1. The van der Waals surface area contributed by atoms with E-state index in [0.717, 1.165) is 16.9 Å². The van der Waals surface area contributed by atoms with Gasteiger partial charge in [-0.05, 0) is 60.9 Å². The second-order valence-electron chi connectivity index (χ2n) is 6.16. The summed E-state index contributed by atoms with van der Waals surface area (Å²) in [5.41, 5.74) is 2.87. The highest BCUT2D eigenvalue weighted by Gasteiger charge is 2.06. The molecule has 2 aromatic rings. The zero-order chi connectivity index (χ0) is 19.1. The molecule has 0 N–H and O–H groups in total. The Labute approximate surface area is 153 Å². The van der Waals surface area contributed by atoms with Crippen molar-refractivity contribution in [2.45, 2.75) is 13.8 Å². The lowest BCUT2D eigenvalue weighted by Crippen LogP contribution is -2.29. The van der Waals surface area contributed by atoms with Crippen molar-refractivity contribution >= 4 is 12.0 Å². The van der Waals surface area contributed by atoms with E-state index in [9.17, 15) is 9.18 Å². The minimum Gasteiger partial charge on any atom is -0.494 e. The molecule has 2 rings (SSSR count). The zero-order valence-electron chi connectivity index (χ0n) is 15.6. The van der Waals surface area contributed by atoms with Gasteiger partial charge in [0.1, 0.15) is 12.4 Å². The number of benzene rings is 2. The topological polar surface area (TPSA) is 38.8 Å². The highest BCUT2D eigenvalue weighted by atomic mass is 19.1. The molecular weight excluding hydrogens is 333 g/mol. The summed E-state index contributed by atoms with van der Waals surface area (Å²) in [5.74, 6) is 0.337. The molecule has 0 atom stereocenters. The minimum absolute atomic E-state index is 0.175. The number of amides is 1. The number of nitrogens with zero attached hydrogens (tertiary/aromatic N) is 1. The molecule has 0 bridgehead atoms. The van der Waals surface area contributed by atoms with Crippen molar-refractivity contribution in [3.8, 4) is 11.5 Å². The lowest BCUT2D eigenvalue weighted by Gasteiger charge is -2.16. The predicted octanol–water partition coefficient (Wildman–Crippen LogP) is 4.00. The van der Waals surface area contributed by atoms with E-state index < -0.39 is 5.82 Å². The van der Waals surface area contributed by atoms with Gasteiger partial charge < -0.3 is 14.4 Å². The maximum absolute atomic E-state index is 13.6. The Morgan fingerprint density at radius 1 is 1.15 bits per heavy atom. The van der Waals surface area contributed by atoms with Crippen molar-refractivity contribution in [3.05, 3.63) is 65.0 Å². The van der Waals surface area contributed by atoms with E-state index in [1.807, 2.05) is 26.0 Å². The molecule has 1 amide bonds. The first-order valence-electron chi connectivity index (χ1n) is 8.37. The minimum atomic E-state index is -0.461. The molecule has 0 saturated carbocycles. The van der Waals surface area contributed by atoms with Crippen LogP contribution in [-0.2, 0) is 4.79 Å². The number of halogens is 1. The molecule has 0 unspecified atom stereocenters. The first-order valence-corrected chi connectivity index (χ1v) is 8.37. The van der Waals surface area contributed by atoms with E-state index in [-0.39, 0.29) is 11.7 Å². The van der Waals surface area contributed by atoms with Crippen LogP contribution < -0.4 is 9.47 Å². The normalized spacial score (nSPS) is 10.8. The Balaban J connectivity index is 1.86. The average Bonchev–Trinajstić information content (AvgIpc) is 2.58. The zero-order valence-corrected chi connectivity index (χ0v) is 15.6. The van der Waals surface area contributed by atoms with Gasteiger partial charge in [0.05, 0.1) is 13.7 Å². The second-order valence-corrected chi connectivity index (χ2v) is 6.16. The van der Waals surface area contributed by atoms with Crippen molar-refractivity contribution in [3.63, 3.8) is 0 Å². The van der Waals surface area contributed by atoms with Gasteiger partial charge in [-0.3, -0.25) is 4.79 Å². The van der Waals surface area contributed by atoms with Crippen molar-refractivity contribution in [2.75, 3.05) is 27.3 Å². The summed E-state index contributed by atoms with van der Waals surface area (Å²) in [7, 11) is 3.11. The predicted molar refractivity (Wildman–Crippen MR) is 101 cm³/mol. The van der Waals surface area contributed by atoms with Crippen molar-refractivity contribution in [1.82, 2.24) is 4.90 Å². The maximum Gasteiger partial charge on any atom is 0.246 e. The average molecular weight is 357 g/mol. The molecule has 4 nitrogen and oxygen atoms in total. The third kappa shape index (κ3) is 5.62. The summed E-state index contributed by atoms with van der Waals surface area (Å²) in [6, 6.07) is 10.6. The maximum atomic E-state index is 13.6. The van der Waals surface area contributed by atoms with Crippen LogP contribution in [0.2, 0.25) is 0 Å². The molecule has 5 heteroatoms. The van der Waals surface area contributed by atoms with Crippen LogP contribution in [0.1, 0.15) is 16.7 Å². The number of ether oxygens (including phenoxy) is 2. The molecule has 0 aliphatic rings. The van der Waals surface area contributed by atoms with Gasteiger partial charge in [0.15, 0.2) is 11.6 Å². The first-order chi connectivity index (χ1) is 12.4. The van der Waals surface area contributed by atoms with Gasteiger partial charge in [0.25, 0.3) is 0 Å². The molecule has 0 aromatic heterocycles. The smallest absolute Gasteiger partial charge is 0.246 e. The van der Waals surface area contributed by atoms with Crippen LogP contribution >= 0.6 is 0 Å². The summed E-state index contributed by atoms with van der Waals surface area (Å²) in [6.45, 7) is 4.88. The van der Waals surface area contributed by atoms with Crippen LogP contribution in [0.4, 0.5) is 4.39 Å². The Morgan fingerprint density at radius 3 is 2.46 bits per heavy atom. The Hall–Kier alpha value is -2.82. The van der Waals surface area contributed by atoms with Crippen LogP contribution in [0, 0.1) is 19.7 Å². The summed E-state index contributed by atoms with van der Waals surface area (Å²) >= 11 is 0. The molecule has 138 valence electrons. The Morgan fingerprint density at radius 2 is 1.85 bits per heavy atom. The van der Waals surface area contributed by atoms with Crippen LogP contribution in [0.15, 0.2) is 42.5 Å². The van der Waals surface area contributed by atoms with Crippen LogP contribution in [0.3, 0.4) is 0 Å². The Kier molecular flexibility index (Phi) is 6.78. The Bertz CT molecular complexity index is 782. The summed E-state index contributed by atoms with van der Waals surface area (Å²) in [4.78, 5) is 13.7. The largest absolute Gasteiger partial charge is 0.494 e. The first kappa shape index (κ1) is 19.5. The van der Waals surface area contributed by atoms with Gasteiger partial charge in [-0.25, -0.2) is 4.39 Å². The van der Waals surface area contributed by atoms with E-state index in [1.54, 1.807) is 24.1 Å². The number of carbonyl (C=O) groups is 1. The van der Waals surface area contributed by atoms with Gasteiger partial charge >= 0.3 is 0 Å². The van der Waals surface area contributed by atoms with Crippen LogP contribution in [-0.4, -0.2) is 38.1 Å². The van der Waals surface area contributed by atoms with Gasteiger partial charge in [-0.15, -0.1) is 0 Å². The van der Waals surface area contributed by atoms with Gasteiger partial charge in [-0.2, -0.15) is 0 Å². The molecule has 2 aromatic carbocycles. The molecule has 0 fully saturated rings. The fourth-order valence-corrected chi connectivity index (χ4v) is 2.51. The number of likely N-dealkylation sites (N-methyl/N-ethyl adjacent to an activating group) is 1. The highest BCUT2D eigenvalue weighted by molar-refractivity contribution is 5.91. The fraction of sp³-hybridized carbons (Fsp3) is 0.286. The molecule has 0 aliphatic carbocycles. The standard InChI is InChI=1S/C21H24FNO3/c1-15-11-16(2)13-18(12-15)26-10-9-23(3)21(24)8-6-17-5-7-20(25-4)19(22)14-17/h5-8,11-14H,9-10H2,1-4H3/b8-6+. The molecule has 0 saturated heterocycles. The van der Waals surface area contributed by atoms with Gasteiger partial charge in [0, 0.05) is 13.1 Å². The van der Waals surface area contributed by atoms with E-state index >= 15 is 0 Å². The second kappa shape index (κ2) is 9.04. The SMILES string of the molecule is COc1ccc(/C=C/C(=O)N(C)CCOc2cc(C)cc(C)c2)cc1F. The molecule has 0 heterocycles. The quantitative estimate of drug-likeness (QED) is 0.703. The summed E-state index contributed by atoms with van der Waals surface area (Å²) in [6.07, 6.45) is 2.99. The third-order valence-electron chi connectivity index (χ3n) is 3.86. The number of aryl methyl sites for hydroxylation is 2. The monoisotopic (exact) mass is 357 g/mol. The number of hydrogen-bond acceptors (Lipinski definition) is 3. The van der Waals surface area contributed by atoms with E-state index in [1.165, 1.54) is 25.3 Å². The van der Waals surface area contributed by atoms with Crippen LogP contribution in [0.5, 0.6) is 11.5 Å². The van der Waals surface area contributed by atoms with Crippen molar-refractivity contribution in [1.29, 1.82) is 0 Å². The molecular formula is C21H24FNO3. The van der Waals surface area contributed by atoms with Gasteiger partial charge in [-0.1, -0.05) is 12.1 Å². The summed E-state index contributed by atoms with van der Waals surface area (Å²) in [5, 5.41) is 0. The van der Waals surface area contributed by atoms with E-state index in [4.69, 9.17) is 9.47 Å². The molecule has 0 radical (unpaired) electrons. The summed E-state index contributed by atoms with van der Waals surface area (Å²) < 4.78 is 24.2. The number of hydrogen-bond donors (Lipinski definition) is 0. The van der Waals surface area contributed by atoms with Crippen LogP contribution in [0.25, 0.3) is 6.08 Å². The molecule has 0 aliphatic heterocycles. The molecule has 26 heavy (non-hydrogen) atoms.